The zero-order valence-corrected chi connectivity index (χ0v) is 26.6. The second kappa shape index (κ2) is 15.2. The summed E-state index contributed by atoms with van der Waals surface area (Å²) < 4.78 is 39.3. The van der Waals surface area contributed by atoms with Crippen molar-refractivity contribution >= 4 is 17.9 Å². The normalized spacial score (nSPS) is 14.8. The van der Waals surface area contributed by atoms with Gasteiger partial charge < -0.3 is 14.7 Å². The number of halogens is 3. The molecule has 2 amide bonds. The van der Waals surface area contributed by atoms with Crippen LogP contribution in [0.2, 0.25) is 0 Å². The van der Waals surface area contributed by atoms with Crippen LogP contribution >= 0.6 is 0 Å². The van der Waals surface area contributed by atoms with Crippen molar-refractivity contribution in [1.82, 2.24) is 19.7 Å². The topological polar surface area (TPSA) is 56.8 Å². The lowest BCUT2D eigenvalue weighted by Crippen LogP contribution is -2.54. The summed E-state index contributed by atoms with van der Waals surface area (Å²) in [6, 6.07) is 27.3. The first-order chi connectivity index (χ1) is 22.6. The van der Waals surface area contributed by atoms with Crippen LogP contribution in [0.1, 0.15) is 35.1 Å². The van der Waals surface area contributed by atoms with Gasteiger partial charge in [0.05, 0.1) is 11.3 Å². The Morgan fingerprint density at radius 1 is 0.872 bits per heavy atom. The molecule has 3 aromatic carbocycles. The smallest absolute Gasteiger partial charge is 0.341 e. The molecule has 4 aromatic rings. The maximum atomic E-state index is 14.3. The van der Waals surface area contributed by atoms with Crippen LogP contribution in [0.3, 0.4) is 0 Å². The molecule has 5 rings (SSSR count). The van der Waals surface area contributed by atoms with Crippen molar-refractivity contribution in [2.45, 2.75) is 44.1 Å². The third-order valence-electron chi connectivity index (χ3n) is 8.65. The Labute approximate surface area is 274 Å². The number of amides is 2. The van der Waals surface area contributed by atoms with Gasteiger partial charge in [0.2, 0.25) is 11.8 Å². The Morgan fingerprint density at radius 3 is 2.13 bits per heavy atom. The monoisotopic (exact) mass is 640 g/mol. The molecule has 1 saturated heterocycles. The summed E-state index contributed by atoms with van der Waals surface area (Å²) in [6.45, 7) is 1.35. The number of pyridine rings is 1. The van der Waals surface area contributed by atoms with Crippen molar-refractivity contribution in [3.05, 3.63) is 132 Å². The lowest BCUT2D eigenvalue weighted by molar-refractivity contribution is -0.145. The highest BCUT2D eigenvalue weighted by Gasteiger charge is 2.35. The molecule has 1 atom stereocenters. The van der Waals surface area contributed by atoms with E-state index in [9.17, 15) is 22.8 Å². The third-order valence-corrected chi connectivity index (χ3v) is 8.65. The van der Waals surface area contributed by atoms with Crippen molar-refractivity contribution in [2.24, 2.45) is 0 Å². The Bertz CT molecular complexity index is 1630. The van der Waals surface area contributed by atoms with E-state index in [1.807, 2.05) is 91.8 Å². The lowest BCUT2D eigenvalue weighted by Gasteiger charge is -2.39. The summed E-state index contributed by atoms with van der Waals surface area (Å²) in [5.41, 5.74) is 3.19. The van der Waals surface area contributed by atoms with Crippen LogP contribution in [-0.2, 0) is 28.7 Å². The largest absolute Gasteiger partial charge is 0.416 e. The first-order valence-corrected chi connectivity index (χ1v) is 15.7. The Morgan fingerprint density at radius 2 is 1.53 bits per heavy atom. The van der Waals surface area contributed by atoms with Gasteiger partial charge >= 0.3 is 6.18 Å². The van der Waals surface area contributed by atoms with Gasteiger partial charge in [-0.3, -0.25) is 14.6 Å². The lowest BCUT2D eigenvalue weighted by atomic mass is 9.98. The van der Waals surface area contributed by atoms with Crippen LogP contribution in [0.5, 0.6) is 0 Å². The molecule has 0 radical (unpaired) electrons. The Kier molecular flexibility index (Phi) is 10.9. The standard InChI is InChI=1S/C38H39F3N4O2/c1-43(2)33-21-24-44(25-22-33)37(47)35(26-29-8-4-3-5-9-29)45(27-30-11-16-31(17-12-30)34-10-6-7-23-42-34)36(46)20-15-28-13-18-32(19-14-28)38(39,40)41/h3-20,23,33,35H,21-22,24-27H2,1-2H3. The first-order valence-electron chi connectivity index (χ1n) is 15.7. The van der Waals surface area contributed by atoms with Crippen LogP contribution < -0.4 is 0 Å². The van der Waals surface area contributed by atoms with Crippen molar-refractivity contribution < 1.29 is 22.8 Å². The Hall–Kier alpha value is -4.76. The quantitative estimate of drug-likeness (QED) is 0.176. The summed E-state index contributed by atoms with van der Waals surface area (Å²) in [6.07, 6.45) is 2.11. The SMILES string of the molecule is CN(C)C1CCN(C(=O)C(Cc2ccccc2)N(Cc2ccc(-c3ccccn3)cc2)C(=O)C=Cc2ccc(C(F)(F)F)cc2)CC1. The summed E-state index contributed by atoms with van der Waals surface area (Å²) in [5.74, 6) is -0.524. The van der Waals surface area contributed by atoms with E-state index in [1.165, 1.54) is 24.3 Å². The number of nitrogens with zero attached hydrogens (tertiary/aromatic N) is 4. The maximum absolute atomic E-state index is 14.3. The molecular weight excluding hydrogens is 601 g/mol. The van der Waals surface area contributed by atoms with Gasteiger partial charge in [-0.25, -0.2) is 0 Å². The van der Waals surface area contributed by atoms with Crippen LogP contribution in [0.25, 0.3) is 17.3 Å². The molecule has 9 heteroatoms. The van der Waals surface area contributed by atoms with Gasteiger partial charge in [0.25, 0.3) is 0 Å². The molecule has 6 nitrogen and oxygen atoms in total. The van der Waals surface area contributed by atoms with Gasteiger partial charge in [-0.05, 0) is 74.0 Å². The second-order valence-electron chi connectivity index (χ2n) is 12.1. The number of piperidine rings is 1. The summed E-state index contributed by atoms with van der Waals surface area (Å²) >= 11 is 0. The molecule has 1 aliphatic heterocycles. The summed E-state index contributed by atoms with van der Waals surface area (Å²) in [5, 5.41) is 0. The maximum Gasteiger partial charge on any atom is 0.416 e. The molecule has 1 aromatic heterocycles. The fourth-order valence-corrected chi connectivity index (χ4v) is 5.88. The van der Waals surface area contributed by atoms with E-state index in [4.69, 9.17) is 0 Å². The van der Waals surface area contributed by atoms with Crippen molar-refractivity contribution in [3.8, 4) is 11.3 Å². The van der Waals surface area contributed by atoms with Gasteiger partial charge in [0.1, 0.15) is 6.04 Å². The fourth-order valence-electron chi connectivity index (χ4n) is 5.88. The molecule has 2 heterocycles. The van der Waals surface area contributed by atoms with Crippen LogP contribution in [-0.4, -0.2) is 70.8 Å². The van der Waals surface area contributed by atoms with E-state index >= 15 is 0 Å². The summed E-state index contributed by atoms with van der Waals surface area (Å²) in [4.78, 5) is 38.4. The van der Waals surface area contributed by atoms with Crippen LogP contribution in [0, 0.1) is 0 Å². The molecule has 244 valence electrons. The first kappa shape index (κ1) is 33.6. The highest BCUT2D eigenvalue weighted by atomic mass is 19.4. The highest BCUT2D eigenvalue weighted by molar-refractivity contribution is 5.95. The molecule has 1 fully saturated rings. The van der Waals surface area contributed by atoms with Crippen molar-refractivity contribution in [1.29, 1.82) is 0 Å². The van der Waals surface area contributed by atoms with Gasteiger partial charge in [-0.15, -0.1) is 0 Å². The molecule has 0 spiro atoms. The number of rotatable bonds is 10. The number of likely N-dealkylation sites (tertiary alicyclic amines) is 1. The van der Waals surface area contributed by atoms with E-state index < -0.39 is 23.7 Å². The van der Waals surface area contributed by atoms with E-state index in [2.05, 4.69) is 9.88 Å². The molecule has 47 heavy (non-hydrogen) atoms. The molecular formula is C38H39F3N4O2. The number of hydrogen-bond acceptors (Lipinski definition) is 4. The van der Waals surface area contributed by atoms with Crippen molar-refractivity contribution in [3.63, 3.8) is 0 Å². The second-order valence-corrected chi connectivity index (χ2v) is 12.1. The number of carbonyl (C=O) groups excluding carboxylic acids is 2. The molecule has 0 bridgehead atoms. The zero-order valence-electron chi connectivity index (χ0n) is 26.6. The number of aromatic nitrogens is 1. The van der Waals surface area contributed by atoms with E-state index in [0.29, 0.717) is 31.1 Å². The molecule has 1 unspecified atom stereocenters. The zero-order chi connectivity index (χ0) is 33.4. The van der Waals surface area contributed by atoms with Crippen molar-refractivity contribution in [2.75, 3.05) is 27.2 Å². The van der Waals surface area contributed by atoms with Gasteiger partial charge in [0.15, 0.2) is 0 Å². The highest BCUT2D eigenvalue weighted by Crippen LogP contribution is 2.29. The van der Waals surface area contributed by atoms with E-state index in [1.54, 1.807) is 11.1 Å². The van der Waals surface area contributed by atoms with Gasteiger partial charge in [-0.1, -0.05) is 72.8 Å². The number of alkyl halides is 3. The number of carbonyl (C=O) groups is 2. The average Bonchev–Trinajstić information content (AvgIpc) is 3.09. The van der Waals surface area contributed by atoms with E-state index in [-0.39, 0.29) is 12.5 Å². The number of hydrogen-bond donors (Lipinski definition) is 0. The van der Waals surface area contributed by atoms with Crippen LogP contribution in [0.4, 0.5) is 13.2 Å². The molecule has 0 aliphatic carbocycles. The minimum absolute atomic E-state index is 0.118. The minimum Gasteiger partial charge on any atom is -0.341 e. The molecule has 0 saturated carbocycles. The van der Waals surface area contributed by atoms with E-state index in [0.717, 1.165) is 47.4 Å². The minimum atomic E-state index is -4.45. The average molecular weight is 641 g/mol. The molecule has 0 N–H and O–H groups in total. The summed E-state index contributed by atoms with van der Waals surface area (Å²) in [7, 11) is 4.09. The van der Waals surface area contributed by atoms with Gasteiger partial charge in [-0.2, -0.15) is 13.2 Å². The Balaban J connectivity index is 1.46. The molecule has 1 aliphatic rings. The predicted molar refractivity (Wildman–Crippen MR) is 178 cm³/mol. The number of benzene rings is 3. The van der Waals surface area contributed by atoms with Crippen LogP contribution in [0.15, 0.2) is 109 Å². The van der Waals surface area contributed by atoms with Gasteiger partial charge in [0, 0.05) is 49.9 Å². The predicted octanol–water partition coefficient (Wildman–Crippen LogP) is 6.97. The third kappa shape index (κ3) is 8.95. The fraction of sp³-hybridized carbons (Fsp3) is 0.289.